The molecule has 0 aliphatic carbocycles. The van der Waals surface area contributed by atoms with E-state index in [4.69, 9.17) is 0 Å². The summed E-state index contributed by atoms with van der Waals surface area (Å²) in [5.74, 6) is -0.534. The van der Waals surface area contributed by atoms with Crippen LogP contribution in [-0.2, 0) is 0 Å². The van der Waals surface area contributed by atoms with Crippen LogP contribution >= 0.6 is 11.8 Å². The molecule has 1 heterocycles. The Morgan fingerprint density at radius 3 is 2.67 bits per heavy atom. The molecule has 1 aromatic rings. The minimum absolute atomic E-state index is 0.534. The number of rotatable bonds is 1. The highest BCUT2D eigenvalue weighted by Gasteiger charge is 1.91. The van der Waals surface area contributed by atoms with Crippen LogP contribution in [0.2, 0.25) is 0 Å². The van der Waals surface area contributed by atoms with Crippen molar-refractivity contribution in [3.8, 4) is 0 Å². The molecule has 1 rings (SSSR count). The highest BCUT2D eigenvalue weighted by molar-refractivity contribution is 7.98. The third-order valence-electron chi connectivity index (χ3n) is 0.817. The molecule has 0 fully saturated rings. The van der Waals surface area contributed by atoms with Crippen LogP contribution in [0.25, 0.3) is 0 Å². The van der Waals surface area contributed by atoms with Gasteiger partial charge in [-0.3, -0.25) is 0 Å². The van der Waals surface area contributed by atoms with E-state index in [1.807, 2.05) is 6.26 Å². The molecule has 0 aliphatic heterocycles. The lowest BCUT2D eigenvalue weighted by molar-refractivity contribution is 0.555. The Labute approximate surface area is 56.5 Å². The van der Waals surface area contributed by atoms with Crippen molar-refractivity contribution in [1.82, 2.24) is 10.2 Å². The summed E-state index contributed by atoms with van der Waals surface area (Å²) in [4.78, 5) is 0. The normalized spacial score (nSPS) is 9.56. The van der Waals surface area contributed by atoms with Gasteiger partial charge in [0.15, 0.2) is 0 Å². The fourth-order valence-electron chi connectivity index (χ4n) is 0.413. The van der Waals surface area contributed by atoms with Crippen molar-refractivity contribution in [2.24, 2.45) is 0 Å². The second-order valence-electron chi connectivity index (χ2n) is 1.40. The van der Waals surface area contributed by atoms with E-state index < -0.39 is 5.95 Å². The lowest BCUT2D eigenvalue weighted by atomic mass is 10.6. The first-order valence-corrected chi connectivity index (χ1v) is 3.58. The molecule has 4 heteroatoms. The molecule has 1 aromatic heterocycles. The van der Waals surface area contributed by atoms with Gasteiger partial charge in [0.05, 0.1) is 0 Å². The van der Waals surface area contributed by atoms with Gasteiger partial charge in [-0.2, -0.15) is 4.39 Å². The van der Waals surface area contributed by atoms with Crippen molar-refractivity contribution >= 4 is 11.8 Å². The largest absolute Gasteiger partial charge is 0.233 e. The summed E-state index contributed by atoms with van der Waals surface area (Å²) in [6.07, 6.45) is 1.86. The minimum Gasteiger partial charge on any atom is -0.183 e. The Morgan fingerprint density at radius 2 is 2.22 bits per heavy atom. The van der Waals surface area contributed by atoms with Crippen molar-refractivity contribution < 1.29 is 4.39 Å². The van der Waals surface area contributed by atoms with Crippen LogP contribution in [-0.4, -0.2) is 16.5 Å². The van der Waals surface area contributed by atoms with Crippen molar-refractivity contribution in [3.63, 3.8) is 0 Å². The number of thioether (sulfide) groups is 1. The third-order valence-corrected chi connectivity index (χ3v) is 1.45. The van der Waals surface area contributed by atoms with E-state index in [2.05, 4.69) is 10.2 Å². The van der Waals surface area contributed by atoms with Crippen LogP contribution in [0.3, 0.4) is 0 Å². The summed E-state index contributed by atoms with van der Waals surface area (Å²) in [5.41, 5.74) is 0. The van der Waals surface area contributed by atoms with Crippen LogP contribution in [0, 0.1) is 5.95 Å². The van der Waals surface area contributed by atoms with Gasteiger partial charge in [0.2, 0.25) is 5.95 Å². The van der Waals surface area contributed by atoms with Crippen molar-refractivity contribution in [3.05, 3.63) is 18.1 Å². The van der Waals surface area contributed by atoms with Gasteiger partial charge in [0.25, 0.3) is 0 Å². The Hall–Kier alpha value is -0.640. The van der Waals surface area contributed by atoms with Gasteiger partial charge in [-0.05, 0) is 18.4 Å². The molecule has 0 saturated heterocycles. The quantitative estimate of drug-likeness (QED) is 0.556. The van der Waals surface area contributed by atoms with E-state index >= 15 is 0 Å². The van der Waals surface area contributed by atoms with E-state index in [0.717, 1.165) is 5.03 Å². The fourth-order valence-corrected chi connectivity index (χ4v) is 0.739. The van der Waals surface area contributed by atoms with E-state index in [0.29, 0.717) is 0 Å². The summed E-state index contributed by atoms with van der Waals surface area (Å²) < 4.78 is 12.0. The van der Waals surface area contributed by atoms with Crippen LogP contribution in [0.1, 0.15) is 0 Å². The molecule has 48 valence electrons. The predicted octanol–water partition coefficient (Wildman–Crippen LogP) is 1.34. The highest BCUT2D eigenvalue weighted by atomic mass is 32.2. The minimum atomic E-state index is -0.534. The molecule has 0 unspecified atom stereocenters. The van der Waals surface area contributed by atoms with Gasteiger partial charge in [0, 0.05) is 0 Å². The Kier molecular flexibility index (Phi) is 2.00. The standard InChI is InChI=1S/C5H5FN2S/c1-9-5-3-2-4(6)7-8-5/h2-3H,1H3. The summed E-state index contributed by atoms with van der Waals surface area (Å²) in [7, 11) is 0. The van der Waals surface area contributed by atoms with Crippen molar-refractivity contribution in [1.29, 1.82) is 0 Å². The van der Waals surface area contributed by atoms with Gasteiger partial charge in [-0.15, -0.1) is 22.0 Å². The Balaban J connectivity index is 2.88. The number of nitrogens with zero attached hydrogens (tertiary/aromatic N) is 2. The summed E-state index contributed by atoms with van der Waals surface area (Å²) in [5, 5.41) is 7.48. The topological polar surface area (TPSA) is 25.8 Å². The lowest BCUT2D eigenvalue weighted by Crippen LogP contribution is -1.86. The maximum Gasteiger partial charge on any atom is 0.233 e. The first-order valence-electron chi connectivity index (χ1n) is 2.36. The molecule has 0 aromatic carbocycles. The molecular weight excluding hydrogens is 139 g/mol. The molecule has 0 spiro atoms. The average Bonchev–Trinajstić information content (AvgIpc) is 1.90. The maximum absolute atomic E-state index is 12.0. The van der Waals surface area contributed by atoms with Crippen molar-refractivity contribution in [2.75, 3.05) is 6.26 Å². The monoisotopic (exact) mass is 144 g/mol. The van der Waals surface area contributed by atoms with E-state index in [1.165, 1.54) is 17.8 Å². The predicted molar refractivity (Wildman–Crippen MR) is 33.8 cm³/mol. The molecule has 0 aliphatic rings. The van der Waals surface area contributed by atoms with Crippen LogP contribution < -0.4 is 0 Å². The van der Waals surface area contributed by atoms with Crippen LogP contribution in [0.4, 0.5) is 4.39 Å². The molecular formula is C5H5FN2S. The SMILES string of the molecule is CSc1ccc(F)nn1. The third kappa shape index (κ3) is 1.64. The van der Waals surface area contributed by atoms with Gasteiger partial charge in [-0.1, -0.05) is 0 Å². The number of hydrogen-bond donors (Lipinski definition) is 0. The molecule has 0 N–H and O–H groups in total. The second-order valence-corrected chi connectivity index (χ2v) is 2.22. The summed E-state index contributed by atoms with van der Waals surface area (Å²) in [6.45, 7) is 0. The zero-order valence-electron chi connectivity index (χ0n) is 4.84. The van der Waals surface area contributed by atoms with Gasteiger partial charge >= 0.3 is 0 Å². The van der Waals surface area contributed by atoms with E-state index in [1.54, 1.807) is 6.07 Å². The summed E-state index contributed by atoms with van der Waals surface area (Å²) in [6, 6.07) is 2.88. The molecule has 0 saturated carbocycles. The highest BCUT2D eigenvalue weighted by Crippen LogP contribution is 2.07. The Morgan fingerprint density at radius 1 is 1.44 bits per heavy atom. The number of halogens is 1. The first kappa shape index (κ1) is 6.48. The van der Waals surface area contributed by atoms with Gasteiger partial charge in [-0.25, -0.2) is 0 Å². The molecule has 0 amide bonds. The molecule has 0 atom stereocenters. The molecule has 0 bridgehead atoms. The average molecular weight is 144 g/mol. The smallest absolute Gasteiger partial charge is 0.183 e. The zero-order chi connectivity index (χ0) is 6.69. The van der Waals surface area contributed by atoms with Crippen LogP contribution in [0.5, 0.6) is 0 Å². The Bertz CT molecular complexity index is 187. The second kappa shape index (κ2) is 2.77. The molecule has 2 nitrogen and oxygen atoms in total. The first-order chi connectivity index (χ1) is 4.33. The summed E-state index contributed by atoms with van der Waals surface area (Å²) >= 11 is 1.44. The van der Waals surface area contributed by atoms with Gasteiger partial charge < -0.3 is 0 Å². The fraction of sp³-hybridized carbons (Fsp3) is 0.200. The van der Waals surface area contributed by atoms with Gasteiger partial charge in [0.1, 0.15) is 5.03 Å². The number of hydrogen-bond acceptors (Lipinski definition) is 3. The van der Waals surface area contributed by atoms with E-state index in [-0.39, 0.29) is 0 Å². The number of aromatic nitrogens is 2. The lowest BCUT2D eigenvalue weighted by Gasteiger charge is -1.89. The molecule has 9 heavy (non-hydrogen) atoms. The van der Waals surface area contributed by atoms with E-state index in [9.17, 15) is 4.39 Å². The maximum atomic E-state index is 12.0. The van der Waals surface area contributed by atoms with Crippen molar-refractivity contribution in [2.45, 2.75) is 5.03 Å². The molecule has 0 radical (unpaired) electrons. The zero-order valence-corrected chi connectivity index (χ0v) is 5.65. The van der Waals surface area contributed by atoms with Crippen LogP contribution in [0.15, 0.2) is 17.2 Å².